The van der Waals surface area contributed by atoms with E-state index in [0.717, 1.165) is 11.1 Å². The second-order valence-electron chi connectivity index (χ2n) is 6.50. The fourth-order valence-corrected chi connectivity index (χ4v) is 2.50. The molecule has 0 atom stereocenters. The van der Waals surface area contributed by atoms with E-state index >= 15 is 0 Å². The van der Waals surface area contributed by atoms with Crippen molar-refractivity contribution >= 4 is 23.5 Å². The van der Waals surface area contributed by atoms with Gasteiger partial charge in [0.25, 0.3) is 11.8 Å². The molecule has 2 rings (SSSR count). The molecule has 7 nitrogen and oxygen atoms in total. The highest BCUT2D eigenvalue weighted by atomic mass is 16.6. The molecule has 0 spiro atoms. The Morgan fingerprint density at radius 2 is 1.54 bits per heavy atom. The van der Waals surface area contributed by atoms with Gasteiger partial charge in [-0.15, -0.1) is 0 Å². The summed E-state index contributed by atoms with van der Waals surface area (Å²) >= 11 is 0. The smallest absolute Gasteiger partial charge is 0.344 e. The lowest BCUT2D eigenvalue weighted by Gasteiger charge is -2.12. The van der Waals surface area contributed by atoms with Gasteiger partial charge in [0.1, 0.15) is 5.75 Å². The fraction of sp³-hybridized carbons (Fsp3) is 0.286. The summed E-state index contributed by atoms with van der Waals surface area (Å²) in [5.41, 5.74) is 2.85. The Bertz CT molecular complexity index is 839. The number of rotatable bonds is 7. The molecule has 0 bridgehead atoms. The second-order valence-corrected chi connectivity index (χ2v) is 6.50. The fourth-order valence-electron chi connectivity index (χ4n) is 2.50. The maximum Gasteiger partial charge on any atom is 0.344 e. The standard InChI is InChI=1S/C21H24N2O5/c1-14-6-5-7-15(2)20(14)28-13-19(25)27-12-18(24)22-17-10-8-16(9-11-17)21(26)23(3)4/h5-11H,12-13H2,1-4H3,(H,22,24). The maximum absolute atomic E-state index is 11.9. The van der Waals surface area contributed by atoms with Gasteiger partial charge in [-0.05, 0) is 49.2 Å². The largest absolute Gasteiger partial charge is 0.481 e. The summed E-state index contributed by atoms with van der Waals surface area (Å²) < 4.78 is 10.4. The molecule has 0 saturated carbocycles. The molecular formula is C21H24N2O5. The van der Waals surface area contributed by atoms with Crippen LogP contribution in [-0.2, 0) is 14.3 Å². The molecule has 0 aliphatic rings. The number of nitrogens with zero attached hydrogens (tertiary/aromatic N) is 1. The Hall–Kier alpha value is -3.35. The normalized spacial score (nSPS) is 10.1. The van der Waals surface area contributed by atoms with Gasteiger partial charge in [0.2, 0.25) is 0 Å². The van der Waals surface area contributed by atoms with E-state index in [9.17, 15) is 14.4 Å². The lowest BCUT2D eigenvalue weighted by Crippen LogP contribution is -2.24. The molecule has 0 aromatic heterocycles. The lowest BCUT2D eigenvalue weighted by molar-refractivity contribution is -0.149. The molecule has 0 aliphatic carbocycles. The minimum Gasteiger partial charge on any atom is -0.481 e. The van der Waals surface area contributed by atoms with Gasteiger partial charge in [0.05, 0.1) is 0 Å². The number of amides is 2. The molecule has 0 fully saturated rings. The van der Waals surface area contributed by atoms with Crippen LogP contribution in [-0.4, -0.2) is 50.0 Å². The van der Waals surface area contributed by atoms with Crippen molar-refractivity contribution in [2.24, 2.45) is 0 Å². The van der Waals surface area contributed by atoms with E-state index in [2.05, 4.69) is 5.32 Å². The number of anilines is 1. The van der Waals surface area contributed by atoms with Crippen molar-refractivity contribution in [2.45, 2.75) is 13.8 Å². The van der Waals surface area contributed by atoms with E-state index in [0.29, 0.717) is 17.0 Å². The first-order chi connectivity index (χ1) is 13.3. The zero-order valence-corrected chi connectivity index (χ0v) is 16.4. The molecular weight excluding hydrogens is 360 g/mol. The van der Waals surface area contributed by atoms with E-state index in [1.165, 1.54) is 4.90 Å². The van der Waals surface area contributed by atoms with E-state index in [4.69, 9.17) is 9.47 Å². The summed E-state index contributed by atoms with van der Waals surface area (Å²) in [6, 6.07) is 12.1. The number of esters is 1. The number of carbonyl (C=O) groups is 3. The van der Waals surface area contributed by atoms with Gasteiger partial charge in [-0.1, -0.05) is 18.2 Å². The van der Waals surface area contributed by atoms with Crippen molar-refractivity contribution in [1.82, 2.24) is 4.90 Å². The van der Waals surface area contributed by atoms with Crippen molar-refractivity contribution in [2.75, 3.05) is 32.6 Å². The van der Waals surface area contributed by atoms with E-state index in [1.54, 1.807) is 38.4 Å². The minimum absolute atomic E-state index is 0.129. The summed E-state index contributed by atoms with van der Waals surface area (Å²) in [6.07, 6.45) is 0. The van der Waals surface area contributed by atoms with Gasteiger partial charge >= 0.3 is 5.97 Å². The van der Waals surface area contributed by atoms with Gasteiger partial charge in [-0.25, -0.2) is 4.79 Å². The van der Waals surface area contributed by atoms with Crippen LogP contribution in [0.1, 0.15) is 21.5 Å². The van der Waals surface area contributed by atoms with Gasteiger partial charge in [0, 0.05) is 25.3 Å². The molecule has 1 N–H and O–H groups in total. The quantitative estimate of drug-likeness (QED) is 0.742. The van der Waals surface area contributed by atoms with E-state index in [1.807, 2.05) is 32.0 Å². The van der Waals surface area contributed by atoms with E-state index < -0.39 is 18.5 Å². The van der Waals surface area contributed by atoms with Crippen molar-refractivity contribution in [1.29, 1.82) is 0 Å². The number of carbonyl (C=O) groups excluding carboxylic acids is 3. The van der Waals surface area contributed by atoms with Crippen molar-refractivity contribution < 1.29 is 23.9 Å². The summed E-state index contributed by atoms with van der Waals surface area (Å²) in [4.78, 5) is 37.0. The molecule has 0 aliphatic heterocycles. The highest BCUT2D eigenvalue weighted by Gasteiger charge is 2.12. The van der Waals surface area contributed by atoms with Crippen molar-refractivity contribution in [3.8, 4) is 5.75 Å². The number of para-hydroxylation sites is 1. The zero-order chi connectivity index (χ0) is 20.7. The van der Waals surface area contributed by atoms with Crippen LogP contribution in [0.25, 0.3) is 0 Å². The molecule has 148 valence electrons. The first-order valence-electron chi connectivity index (χ1n) is 8.74. The summed E-state index contributed by atoms with van der Waals surface area (Å²) in [5, 5.41) is 2.60. The molecule has 0 saturated heterocycles. The summed E-state index contributed by atoms with van der Waals surface area (Å²) in [6.45, 7) is 3.07. The van der Waals surface area contributed by atoms with Crippen LogP contribution in [0.5, 0.6) is 5.75 Å². The average molecular weight is 384 g/mol. The Morgan fingerprint density at radius 1 is 0.929 bits per heavy atom. The van der Waals surface area contributed by atoms with Crippen LogP contribution < -0.4 is 10.1 Å². The minimum atomic E-state index is -0.635. The third-order valence-corrected chi connectivity index (χ3v) is 3.93. The first-order valence-corrected chi connectivity index (χ1v) is 8.74. The Morgan fingerprint density at radius 3 is 2.11 bits per heavy atom. The molecule has 0 heterocycles. The molecule has 0 radical (unpaired) electrons. The topological polar surface area (TPSA) is 84.9 Å². The highest BCUT2D eigenvalue weighted by Crippen LogP contribution is 2.22. The number of hydrogen-bond acceptors (Lipinski definition) is 5. The Kier molecular flexibility index (Phi) is 7.14. The summed E-state index contributed by atoms with van der Waals surface area (Å²) in [5.74, 6) is -0.608. The lowest BCUT2D eigenvalue weighted by atomic mass is 10.1. The van der Waals surface area contributed by atoms with Crippen molar-refractivity contribution in [3.05, 3.63) is 59.2 Å². The Balaban J connectivity index is 1.79. The van der Waals surface area contributed by atoms with Crippen LogP contribution in [0.15, 0.2) is 42.5 Å². The highest BCUT2D eigenvalue weighted by molar-refractivity contribution is 5.96. The average Bonchev–Trinajstić information content (AvgIpc) is 2.66. The van der Waals surface area contributed by atoms with Gasteiger partial charge in [-0.2, -0.15) is 0 Å². The molecule has 2 amide bonds. The predicted molar refractivity (Wildman–Crippen MR) is 105 cm³/mol. The van der Waals surface area contributed by atoms with Gasteiger partial charge in [-0.3, -0.25) is 9.59 Å². The number of nitrogens with one attached hydrogen (secondary N) is 1. The first kappa shape index (κ1) is 21.0. The third-order valence-electron chi connectivity index (χ3n) is 3.93. The maximum atomic E-state index is 11.9. The third kappa shape index (κ3) is 5.84. The molecule has 2 aromatic carbocycles. The molecule has 2 aromatic rings. The number of ether oxygens (including phenoxy) is 2. The zero-order valence-electron chi connectivity index (χ0n) is 16.4. The van der Waals surface area contributed by atoms with Crippen LogP contribution in [0, 0.1) is 13.8 Å². The van der Waals surface area contributed by atoms with Crippen LogP contribution >= 0.6 is 0 Å². The monoisotopic (exact) mass is 384 g/mol. The van der Waals surface area contributed by atoms with Gasteiger partial charge in [0.15, 0.2) is 13.2 Å². The molecule has 28 heavy (non-hydrogen) atoms. The summed E-state index contributed by atoms with van der Waals surface area (Å²) in [7, 11) is 3.33. The van der Waals surface area contributed by atoms with Crippen LogP contribution in [0.3, 0.4) is 0 Å². The van der Waals surface area contributed by atoms with Gasteiger partial charge < -0.3 is 19.7 Å². The second kappa shape index (κ2) is 9.55. The number of hydrogen-bond donors (Lipinski definition) is 1. The SMILES string of the molecule is Cc1cccc(C)c1OCC(=O)OCC(=O)Nc1ccc(C(=O)N(C)C)cc1. The van der Waals surface area contributed by atoms with E-state index in [-0.39, 0.29) is 12.5 Å². The number of benzene rings is 2. The van der Waals surface area contributed by atoms with Crippen LogP contribution in [0.2, 0.25) is 0 Å². The molecule has 0 unspecified atom stereocenters. The Labute approximate surface area is 164 Å². The molecule has 7 heteroatoms. The van der Waals surface area contributed by atoms with Crippen molar-refractivity contribution in [3.63, 3.8) is 0 Å². The predicted octanol–water partition coefficient (Wildman–Crippen LogP) is 2.57. The number of aryl methyl sites for hydroxylation is 2. The van der Waals surface area contributed by atoms with Crippen LogP contribution in [0.4, 0.5) is 5.69 Å².